The number of nitrogens with zero attached hydrogens (tertiary/aromatic N) is 1. The number of hydrogen-bond acceptors (Lipinski definition) is 3. The molecule has 1 unspecified atom stereocenters. The van der Waals surface area contributed by atoms with Crippen LogP contribution in [0.15, 0.2) is 89.8 Å². The van der Waals surface area contributed by atoms with Crippen molar-refractivity contribution in [2.75, 3.05) is 17.4 Å². The van der Waals surface area contributed by atoms with Gasteiger partial charge in [0, 0.05) is 6.54 Å². The SMILES string of the molecule is CCc1ccccc1N(CC(=O)NCC(CC)Cc1ccccc1)S(=O)(=O)c1ccccc1. The first-order chi connectivity index (χ1) is 16.0. The lowest BCUT2D eigenvalue weighted by molar-refractivity contribution is -0.119. The zero-order valence-corrected chi connectivity index (χ0v) is 20.1. The van der Waals surface area contributed by atoms with Crippen molar-refractivity contribution in [1.29, 1.82) is 0 Å². The molecule has 6 heteroatoms. The summed E-state index contributed by atoms with van der Waals surface area (Å²) in [5, 5.41) is 2.97. The van der Waals surface area contributed by atoms with Crippen LogP contribution in [0, 0.1) is 5.92 Å². The molecular formula is C27H32N2O3S. The highest BCUT2D eigenvalue weighted by molar-refractivity contribution is 7.92. The molecule has 33 heavy (non-hydrogen) atoms. The highest BCUT2D eigenvalue weighted by Gasteiger charge is 2.28. The monoisotopic (exact) mass is 464 g/mol. The topological polar surface area (TPSA) is 66.5 Å². The van der Waals surface area contributed by atoms with E-state index in [0.29, 0.717) is 18.7 Å². The molecule has 3 rings (SSSR count). The Hall–Kier alpha value is -3.12. The average molecular weight is 465 g/mol. The predicted molar refractivity (Wildman–Crippen MR) is 134 cm³/mol. The van der Waals surface area contributed by atoms with Gasteiger partial charge in [-0.1, -0.05) is 87.0 Å². The van der Waals surface area contributed by atoms with Gasteiger partial charge in [0.25, 0.3) is 10.0 Å². The first-order valence-electron chi connectivity index (χ1n) is 11.4. The lowest BCUT2D eigenvalue weighted by atomic mass is 9.97. The molecule has 0 aromatic heterocycles. The molecule has 0 bridgehead atoms. The minimum atomic E-state index is -3.90. The van der Waals surface area contributed by atoms with Crippen LogP contribution in [0.5, 0.6) is 0 Å². The summed E-state index contributed by atoms with van der Waals surface area (Å²) >= 11 is 0. The lowest BCUT2D eigenvalue weighted by Crippen LogP contribution is -2.42. The molecule has 0 aliphatic carbocycles. The zero-order valence-electron chi connectivity index (χ0n) is 19.3. The van der Waals surface area contributed by atoms with Crippen molar-refractivity contribution >= 4 is 21.6 Å². The Morgan fingerprint density at radius 1 is 0.879 bits per heavy atom. The highest BCUT2D eigenvalue weighted by atomic mass is 32.2. The largest absolute Gasteiger partial charge is 0.354 e. The molecular weight excluding hydrogens is 432 g/mol. The van der Waals surface area contributed by atoms with Gasteiger partial charge in [0.15, 0.2) is 0 Å². The van der Waals surface area contributed by atoms with Gasteiger partial charge in [-0.15, -0.1) is 0 Å². The van der Waals surface area contributed by atoms with Crippen LogP contribution in [-0.4, -0.2) is 27.4 Å². The summed E-state index contributed by atoms with van der Waals surface area (Å²) in [5.41, 5.74) is 2.64. The summed E-state index contributed by atoms with van der Waals surface area (Å²) in [5.74, 6) is -0.0367. The average Bonchev–Trinajstić information content (AvgIpc) is 2.86. The first kappa shape index (κ1) is 24.5. The fourth-order valence-electron chi connectivity index (χ4n) is 3.83. The van der Waals surface area contributed by atoms with Crippen molar-refractivity contribution in [3.63, 3.8) is 0 Å². The quantitative estimate of drug-likeness (QED) is 0.442. The summed E-state index contributed by atoms with van der Waals surface area (Å²) in [6.45, 7) is 4.31. The van der Waals surface area contributed by atoms with Gasteiger partial charge in [-0.2, -0.15) is 0 Å². The van der Waals surface area contributed by atoms with E-state index in [9.17, 15) is 13.2 Å². The van der Waals surface area contributed by atoms with Crippen molar-refractivity contribution in [1.82, 2.24) is 5.32 Å². The number of amides is 1. The van der Waals surface area contributed by atoms with E-state index < -0.39 is 10.0 Å². The van der Waals surface area contributed by atoms with Crippen LogP contribution in [0.2, 0.25) is 0 Å². The van der Waals surface area contributed by atoms with Gasteiger partial charge in [0.05, 0.1) is 10.6 Å². The Morgan fingerprint density at radius 3 is 2.12 bits per heavy atom. The van der Waals surface area contributed by atoms with Gasteiger partial charge in [-0.05, 0) is 48.1 Å². The van der Waals surface area contributed by atoms with Crippen LogP contribution in [0.25, 0.3) is 0 Å². The molecule has 0 aliphatic rings. The number of sulfonamides is 1. The number of para-hydroxylation sites is 1. The normalized spacial score (nSPS) is 12.2. The summed E-state index contributed by atoms with van der Waals surface area (Å²) in [6.07, 6.45) is 2.44. The second-order valence-electron chi connectivity index (χ2n) is 8.08. The fraction of sp³-hybridized carbons (Fsp3) is 0.296. The van der Waals surface area contributed by atoms with Crippen molar-refractivity contribution in [3.8, 4) is 0 Å². The number of anilines is 1. The van der Waals surface area contributed by atoms with Gasteiger partial charge >= 0.3 is 0 Å². The van der Waals surface area contributed by atoms with Crippen LogP contribution in [0.4, 0.5) is 5.69 Å². The number of carbonyl (C=O) groups excluding carboxylic acids is 1. The third-order valence-electron chi connectivity index (χ3n) is 5.79. The Morgan fingerprint density at radius 2 is 1.48 bits per heavy atom. The van der Waals surface area contributed by atoms with Crippen molar-refractivity contribution in [3.05, 3.63) is 96.1 Å². The molecule has 1 N–H and O–H groups in total. The molecule has 174 valence electrons. The maximum absolute atomic E-state index is 13.5. The standard InChI is InChI=1S/C27H32N2O3S/c1-3-22(19-23-13-7-5-8-14-23)20-28-27(30)21-29(26-18-12-11-15-24(26)4-2)33(31,32)25-16-9-6-10-17-25/h5-18,22H,3-4,19-21H2,1-2H3,(H,28,30). The molecule has 3 aromatic rings. The third kappa shape index (κ3) is 6.45. The fourth-order valence-corrected chi connectivity index (χ4v) is 5.31. The van der Waals surface area contributed by atoms with Crippen LogP contribution in [0.3, 0.4) is 0 Å². The van der Waals surface area contributed by atoms with Crippen molar-refractivity contribution in [2.45, 2.75) is 38.0 Å². The summed E-state index contributed by atoms with van der Waals surface area (Å²) < 4.78 is 28.3. The number of rotatable bonds is 11. The molecule has 0 radical (unpaired) electrons. The van der Waals surface area contributed by atoms with Gasteiger partial charge in [0.2, 0.25) is 5.91 Å². The smallest absolute Gasteiger partial charge is 0.264 e. The number of nitrogens with one attached hydrogen (secondary N) is 1. The molecule has 3 aromatic carbocycles. The minimum Gasteiger partial charge on any atom is -0.354 e. The number of benzene rings is 3. The summed E-state index contributed by atoms with van der Waals surface area (Å²) in [6, 6.07) is 25.8. The zero-order chi connectivity index (χ0) is 23.7. The maximum Gasteiger partial charge on any atom is 0.264 e. The predicted octanol–water partition coefficient (Wildman–Crippen LogP) is 4.83. The van der Waals surface area contributed by atoms with E-state index in [1.54, 1.807) is 42.5 Å². The first-order valence-corrected chi connectivity index (χ1v) is 12.9. The molecule has 5 nitrogen and oxygen atoms in total. The molecule has 0 fully saturated rings. The Labute approximate surface area is 197 Å². The maximum atomic E-state index is 13.5. The van der Waals surface area contributed by atoms with Gasteiger partial charge in [-0.25, -0.2) is 8.42 Å². The second-order valence-corrected chi connectivity index (χ2v) is 9.94. The molecule has 0 aliphatic heterocycles. The van der Waals surface area contributed by atoms with Gasteiger partial charge in [0.1, 0.15) is 6.54 Å². The van der Waals surface area contributed by atoms with E-state index in [1.807, 2.05) is 37.3 Å². The number of aryl methyl sites for hydroxylation is 1. The van der Waals surface area contributed by atoms with Gasteiger partial charge in [-0.3, -0.25) is 9.10 Å². The Bertz CT molecular complexity index is 1130. The molecule has 0 saturated heterocycles. The Balaban J connectivity index is 1.79. The second kappa shape index (κ2) is 11.7. The lowest BCUT2D eigenvalue weighted by Gasteiger charge is -2.26. The highest BCUT2D eigenvalue weighted by Crippen LogP contribution is 2.27. The van der Waals surface area contributed by atoms with Crippen LogP contribution < -0.4 is 9.62 Å². The van der Waals surface area contributed by atoms with Crippen molar-refractivity contribution in [2.24, 2.45) is 5.92 Å². The Kier molecular flexibility index (Phi) is 8.66. The molecule has 1 atom stereocenters. The van der Waals surface area contributed by atoms with Crippen molar-refractivity contribution < 1.29 is 13.2 Å². The molecule has 0 spiro atoms. The van der Waals surface area contributed by atoms with E-state index in [4.69, 9.17) is 0 Å². The van der Waals surface area contributed by atoms with E-state index in [-0.39, 0.29) is 23.3 Å². The number of carbonyl (C=O) groups is 1. The molecule has 0 heterocycles. The van der Waals surface area contributed by atoms with Gasteiger partial charge < -0.3 is 5.32 Å². The van der Waals surface area contributed by atoms with E-state index in [2.05, 4.69) is 24.4 Å². The number of hydrogen-bond donors (Lipinski definition) is 1. The van der Waals surface area contributed by atoms with E-state index in [0.717, 1.165) is 18.4 Å². The molecule has 0 saturated carbocycles. The summed E-state index contributed by atoms with van der Waals surface area (Å²) in [4.78, 5) is 13.1. The minimum absolute atomic E-state index is 0.166. The van der Waals surface area contributed by atoms with Crippen LogP contribution in [0.1, 0.15) is 31.4 Å². The van der Waals surface area contributed by atoms with E-state index in [1.165, 1.54) is 9.87 Å². The summed E-state index contributed by atoms with van der Waals surface area (Å²) in [7, 11) is -3.90. The van der Waals surface area contributed by atoms with Crippen LogP contribution >= 0.6 is 0 Å². The third-order valence-corrected chi connectivity index (χ3v) is 7.57. The van der Waals surface area contributed by atoms with Crippen LogP contribution in [-0.2, 0) is 27.7 Å². The molecule has 1 amide bonds. The van der Waals surface area contributed by atoms with E-state index >= 15 is 0 Å².